The van der Waals surface area contributed by atoms with Gasteiger partial charge in [0, 0.05) is 24.6 Å². The van der Waals surface area contributed by atoms with E-state index in [4.69, 9.17) is 4.42 Å². The lowest BCUT2D eigenvalue weighted by atomic mass is 10.1. The molecule has 1 aromatic rings. The summed E-state index contributed by atoms with van der Waals surface area (Å²) in [6.45, 7) is 4.14. The second-order valence-electron chi connectivity index (χ2n) is 4.63. The van der Waals surface area contributed by atoms with Crippen molar-refractivity contribution in [1.82, 2.24) is 4.90 Å². The molecule has 4 nitrogen and oxygen atoms in total. The number of carbonyl (C=O) groups is 2. The number of amides is 1. The third-order valence-corrected chi connectivity index (χ3v) is 3.22. The monoisotopic (exact) mass is 235 g/mol. The summed E-state index contributed by atoms with van der Waals surface area (Å²) in [7, 11) is 0. The summed E-state index contributed by atoms with van der Waals surface area (Å²) in [4.78, 5) is 25.2. The topological polar surface area (TPSA) is 50.5 Å². The van der Waals surface area contributed by atoms with Crippen LogP contribution in [-0.2, 0) is 4.79 Å². The van der Waals surface area contributed by atoms with Crippen LogP contribution in [0.1, 0.15) is 42.3 Å². The summed E-state index contributed by atoms with van der Waals surface area (Å²) in [6, 6.07) is 1.83. The van der Waals surface area contributed by atoms with Gasteiger partial charge < -0.3 is 9.32 Å². The first-order valence-corrected chi connectivity index (χ1v) is 5.94. The molecule has 1 aliphatic heterocycles. The van der Waals surface area contributed by atoms with Crippen molar-refractivity contribution >= 4 is 11.7 Å². The zero-order valence-corrected chi connectivity index (χ0v) is 10.2. The van der Waals surface area contributed by atoms with Crippen molar-refractivity contribution in [3.63, 3.8) is 0 Å². The first-order chi connectivity index (χ1) is 8.09. The van der Waals surface area contributed by atoms with E-state index < -0.39 is 0 Å². The van der Waals surface area contributed by atoms with Gasteiger partial charge in [0.25, 0.3) is 5.91 Å². The molecule has 1 amide bonds. The zero-order chi connectivity index (χ0) is 12.4. The second kappa shape index (κ2) is 4.73. The lowest BCUT2D eigenvalue weighted by Crippen LogP contribution is -2.36. The van der Waals surface area contributed by atoms with Gasteiger partial charge in [-0.2, -0.15) is 0 Å². The Morgan fingerprint density at radius 2 is 2.29 bits per heavy atom. The predicted molar refractivity (Wildman–Crippen MR) is 62.8 cm³/mol. The second-order valence-corrected chi connectivity index (χ2v) is 4.63. The van der Waals surface area contributed by atoms with Gasteiger partial charge in [0.1, 0.15) is 5.78 Å². The SMILES string of the molecule is CC(=O)CC1CCCN1C(=O)c1occc1C. The number of nitrogens with zero attached hydrogens (tertiary/aromatic N) is 1. The highest BCUT2D eigenvalue weighted by molar-refractivity contribution is 5.93. The average Bonchev–Trinajstić information content (AvgIpc) is 2.85. The molecule has 1 unspecified atom stereocenters. The van der Waals surface area contributed by atoms with Crippen LogP contribution in [0.25, 0.3) is 0 Å². The van der Waals surface area contributed by atoms with Gasteiger partial charge >= 0.3 is 0 Å². The van der Waals surface area contributed by atoms with Crippen LogP contribution in [-0.4, -0.2) is 29.2 Å². The summed E-state index contributed by atoms with van der Waals surface area (Å²) in [5.41, 5.74) is 0.850. The van der Waals surface area contributed by atoms with Crippen LogP contribution in [0.2, 0.25) is 0 Å². The number of Topliss-reactive ketones (excluding diaryl/α,β-unsaturated/α-hetero) is 1. The Hall–Kier alpha value is -1.58. The maximum Gasteiger partial charge on any atom is 0.290 e. The number of likely N-dealkylation sites (tertiary alicyclic amines) is 1. The number of carbonyl (C=O) groups excluding carboxylic acids is 2. The maximum absolute atomic E-state index is 12.2. The zero-order valence-electron chi connectivity index (χ0n) is 10.2. The summed E-state index contributed by atoms with van der Waals surface area (Å²) in [5.74, 6) is 0.447. The first kappa shape index (κ1) is 11.9. The van der Waals surface area contributed by atoms with E-state index in [1.54, 1.807) is 17.9 Å². The minimum absolute atomic E-state index is 0.0458. The molecule has 0 saturated carbocycles. The van der Waals surface area contributed by atoms with E-state index in [9.17, 15) is 9.59 Å². The quantitative estimate of drug-likeness (QED) is 0.806. The number of rotatable bonds is 3. The van der Waals surface area contributed by atoms with Crippen molar-refractivity contribution in [2.24, 2.45) is 0 Å². The smallest absolute Gasteiger partial charge is 0.290 e. The molecule has 2 heterocycles. The molecular formula is C13H17NO3. The van der Waals surface area contributed by atoms with Crippen LogP contribution in [0, 0.1) is 6.92 Å². The normalized spacial score (nSPS) is 19.6. The molecular weight excluding hydrogens is 218 g/mol. The van der Waals surface area contributed by atoms with Gasteiger partial charge in [0.15, 0.2) is 5.76 Å². The highest BCUT2D eigenvalue weighted by Gasteiger charge is 2.32. The number of hydrogen-bond acceptors (Lipinski definition) is 3. The van der Waals surface area contributed by atoms with Gasteiger partial charge in [-0.05, 0) is 32.8 Å². The van der Waals surface area contributed by atoms with Crippen molar-refractivity contribution in [1.29, 1.82) is 0 Å². The average molecular weight is 235 g/mol. The molecule has 92 valence electrons. The van der Waals surface area contributed by atoms with E-state index in [2.05, 4.69) is 0 Å². The fourth-order valence-corrected chi connectivity index (χ4v) is 2.37. The highest BCUT2D eigenvalue weighted by Crippen LogP contribution is 2.24. The van der Waals surface area contributed by atoms with Crippen LogP contribution in [0.15, 0.2) is 16.7 Å². The van der Waals surface area contributed by atoms with Gasteiger partial charge in [-0.1, -0.05) is 0 Å². The summed E-state index contributed by atoms with van der Waals surface area (Å²) in [6.07, 6.45) is 3.85. The van der Waals surface area contributed by atoms with Crippen molar-refractivity contribution in [3.8, 4) is 0 Å². The number of hydrogen-bond donors (Lipinski definition) is 0. The molecule has 4 heteroatoms. The van der Waals surface area contributed by atoms with E-state index in [1.165, 1.54) is 6.26 Å². The van der Waals surface area contributed by atoms with Gasteiger partial charge in [0.05, 0.1) is 6.26 Å². The van der Waals surface area contributed by atoms with Crippen LogP contribution in [0.3, 0.4) is 0 Å². The standard InChI is InChI=1S/C13H17NO3/c1-9-5-7-17-12(9)13(16)14-6-3-4-11(14)8-10(2)15/h5,7,11H,3-4,6,8H2,1-2H3. The van der Waals surface area contributed by atoms with Gasteiger partial charge in [-0.15, -0.1) is 0 Å². The molecule has 2 rings (SSSR count). The lowest BCUT2D eigenvalue weighted by molar-refractivity contribution is -0.117. The molecule has 0 bridgehead atoms. The molecule has 1 atom stereocenters. The Kier molecular flexibility index (Phi) is 3.31. The fourth-order valence-electron chi connectivity index (χ4n) is 2.37. The van der Waals surface area contributed by atoms with Gasteiger partial charge in [-0.3, -0.25) is 9.59 Å². The highest BCUT2D eigenvalue weighted by atomic mass is 16.3. The van der Waals surface area contributed by atoms with Crippen LogP contribution in [0.4, 0.5) is 0 Å². The minimum atomic E-state index is -0.0868. The fraction of sp³-hybridized carbons (Fsp3) is 0.538. The Bertz CT molecular complexity index is 436. The Labute approximate surface area is 101 Å². The molecule has 0 radical (unpaired) electrons. The number of furan rings is 1. The van der Waals surface area contributed by atoms with E-state index in [1.807, 2.05) is 6.92 Å². The molecule has 0 aliphatic carbocycles. The van der Waals surface area contributed by atoms with Gasteiger partial charge in [0.2, 0.25) is 0 Å². The Morgan fingerprint density at radius 3 is 2.88 bits per heavy atom. The van der Waals surface area contributed by atoms with Crippen molar-refractivity contribution in [2.75, 3.05) is 6.54 Å². The van der Waals surface area contributed by atoms with E-state index in [0.717, 1.165) is 24.9 Å². The number of aryl methyl sites for hydroxylation is 1. The molecule has 0 aromatic carbocycles. The first-order valence-electron chi connectivity index (χ1n) is 5.94. The molecule has 17 heavy (non-hydrogen) atoms. The molecule has 1 aliphatic rings. The number of ketones is 1. The van der Waals surface area contributed by atoms with Crippen molar-refractivity contribution < 1.29 is 14.0 Å². The lowest BCUT2D eigenvalue weighted by Gasteiger charge is -2.23. The van der Waals surface area contributed by atoms with Crippen LogP contribution >= 0.6 is 0 Å². The van der Waals surface area contributed by atoms with E-state index >= 15 is 0 Å². The summed E-state index contributed by atoms with van der Waals surface area (Å²) < 4.78 is 5.22. The van der Waals surface area contributed by atoms with E-state index in [0.29, 0.717) is 12.2 Å². The Balaban J connectivity index is 2.14. The van der Waals surface area contributed by atoms with Gasteiger partial charge in [-0.25, -0.2) is 0 Å². The third-order valence-electron chi connectivity index (χ3n) is 3.22. The van der Waals surface area contributed by atoms with E-state index in [-0.39, 0.29) is 17.7 Å². The van der Waals surface area contributed by atoms with Crippen LogP contribution < -0.4 is 0 Å². The minimum Gasteiger partial charge on any atom is -0.459 e. The van der Waals surface area contributed by atoms with Crippen LogP contribution in [0.5, 0.6) is 0 Å². The van der Waals surface area contributed by atoms with Crippen molar-refractivity contribution in [2.45, 2.75) is 39.2 Å². The predicted octanol–water partition coefficient (Wildman–Crippen LogP) is 2.17. The summed E-state index contributed by atoms with van der Waals surface area (Å²) in [5, 5.41) is 0. The molecule has 0 spiro atoms. The Morgan fingerprint density at radius 1 is 1.53 bits per heavy atom. The maximum atomic E-state index is 12.2. The molecule has 1 saturated heterocycles. The third kappa shape index (κ3) is 2.40. The molecule has 1 fully saturated rings. The largest absolute Gasteiger partial charge is 0.459 e. The summed E-state index contributed by atoms with van der Waals surface area (Å²) >= 11 is 0. The molecule has 1 aromatic heterocycles. The van der Waals surface area contributed by atoms with Crippen molar-refractivity contribution in [3.05, 3.63) is 23.7 Å². The molecule has 0 N–H and O–H groups in total.